The lowest BCUT2D eigenvalue weighted by atomic mass is 9.70. The summed E-state index contributed by atoms with van der Waals surface area (Å²) in [5.41, 5.74) is -0.145. The Labute approximate surface area is 198 Å². The van der Waals surface area contributed by atoms with Gasteiger partial charge in [0, 0.05) is 18.1 Å². The maximum Gasteiger partial charge on any atom is 0.326 e. The molecule has 1 heterocycles. The fraction of sp³-hybridized carbons (Fsp3) is 0.680. The molecule has 0 aromatic rings. The van der Waals surface area contributed by atoms with Crippen molar-refractivity contribution in [1.82, 2.24) is 5.32 Å². The first-order valence-corrected chi connectivity index (χ1v) is 12.9. The van der Waals surface area contributed by atoms with Gasteiger partial charge in [0.15, 0.2) is 0 Å². The van der Waals surface area contributed by atoms with Crippen LogP contribution in [0.3, 0.4) is 0 Å². The van der Waals surface area contributed by atoms with Gasteiger partial charge < -0.3 is 15.2 Å². The lowest BCUT2D eigenvalue weighted by molar-refractivity contribution is -0.146. The number of carbonyl (C=O) groups excluding carboxylic acids is 1. The Morgan fingerprint density at radius 3 is 2.55 bits per heavy atom. The molecule has 3 atom stereocenters. The van der Waals surface area contributed by atoms with Gasteiger partial charge in [0.05, 0.1) is 18.1 Å². The molecule has 8 heteroatoms. The van der Waals surface area contributed by atoms with Crippen molar-refractivity contribution >= 4 is 23.6 Å². The van der Waals surface area contributed by atoms with Gasteiger partial charge in [-0.15, -0.1) is 11.8 Å². The van der Waals surface area contributed by atoms with Crippen molar-refractivity contribution in [2.75, 3.05) is 6.61 Å². The highest BCUT2D eigenvalue weighted by Crippen LogP contribution is 2.43. The third-order valence-electron chi connectivity index (χ3n) is 7.67. The van der Waals surface area contributed by atoms with Gasteiger partial charge in [-0.25, -0.2) is 13.6 Å². The van der Waals surface area contributed by atoms with Crippen molar-refractivity contribution in [3.8, 4) is 0 Å². The van der Waals surface area contributed by atoms with Crippen molar-refractivity contribution in [2.45, 2.75) is 81.9 Å². The number of thioether (sulfide) groups is 1. The molecule has 1 amide bonds. The van der Waals surface area contributed by atoms with Gasteiger partial charge >= 0.3 is 5.97 Å². The number of ether oxygens (including phenoxy) is 1. The quantitative estimate of drug-likeness (QED) is 0.507. The molecule has 33 heavy (non-hydrogen) atoms. The first-order chi connectivity index (χ1) is 15.7. The number of aliphatic carboxylic acids is 1. The van der Waals surface area contributed by atoms with Crippen LogP contribution in [0.25, 0.3) is 0 Å². The van der Waals surface area contributed by atoms with Gasteiger partial charge in [0.25, 0.3) is 5.91 Å². The van der Waals surface area contributed by atoms with Crippen LogP contribution in [0.15, 0.2) is 35.0 Å². The summed E-state index contributed by atoms with van der Waals surface area (Å²) in [6.07, 6.45) is 10.7. The Morgan fingerprint density at radius 1 is 1.18 bits per heavy atom. The topological polar surface area (TPSA) is 75.6 Å². The maximum atomic E-state index is 13.5. The van der Waals surface area contributed by atoms with Crippen LogP contribution in [0, 0.1) is 17.3 Å². The molecule has 4 rings (SSSR count). The number of carboxylic acids is 1. The molecule has 2 fully saturated rings. The number of hydrogen-bond acceptors (Lipinski definition) is 4. The summed E-state index contributed by atoms with van der Waals surface area (Å²) < 4.78 is 33.2. The Balaban J connectivity index is 1.51. The van der Waals surface area contributed by atoms with Crippen molar-refractivity contribution in [3.05, 3.63) is 35.0 Å². The van der Waals surface area contributed by atoms with Crippen LogP contribution in [-0.4, -0.2) is 40.8 Å². The molecule has 5 nitrogen and oxygen atoms in total. The summed E-state index contributed by atoms with van der Waals surface area (Å²) in [5.74, 6) is -3.62. The first-order valence-electron chi connectivity index (χ1n) is 12.0. The third-order valence-corrected chi connectivity index (χ3v) is 8.75. The molecule has 0 spiro atoms. The van der Waals surface area contributed by atoms with Gasteiger partial charge in [-0.3, -0.25) is 4.79 Å². The van der Waals surface area contributed by atoms with Crippen molar-refractivity contribution in [2.24, 2.45) is 17.3 Å². The number of halogens is 2. The fourth-order valence-electron chi connectivity index (χ4n) is 5.50. The minimum absolute atomic E-state index is 0.0248. The van der Waals surface area contributed by atoms with Gasteiger partial charge in [-0.05, 0) is 48.5 Å². The Kier molecular flexibility index (Phi) is 7.22. The predicted octanol–water partition coefficient (Wildman–Crippen LogP) is 5.44. The standard InChI is InChI=1S/C25H33F2NO4S/c1-24(10-3-2-4-11-24)21(23(30)31)28-22(29)18-5-6-19-17(9-14-33-19)20(18)32-15-16-7-12-25(26,27)13-8-16/h5-6,9,14,16-17,19,21H,2-4,7-8,10-13,15H2,1H3,(H,28,29)(H,30,31). The second kappa shape index (κ2) is 9.80. The summed E-state index contributed by atoms with van der Waals surface area (Å²) in [6, 6.07) is -0.973. The summed E-state index contributed by atoms with van der Waals surface area (Å²) in [5, 5.41) is 14.8. The normalized spacial score (nSPS) is 29.4. The van der Waals surface area contributed by atoms with Gasteiger partial charge in [-0.2, -0.15) is 0 Å². The second-order valence-electron chi connectivity index (χ2n) is 10.2. The maximum absolute atomic E-state index is 13.5. The van der Waals surface area contributed by atoms with E-state index < -0.39 is 29.3 Å². The fourth-order valence-corrected chi connectivity index (χ4v) is 6.49. The molecule has 182 valence electrons. The predicted molar refractivity (Wildman–Crippen MR) is 124 cm³/mol. The number of amides is 1. The lowest BCUT2D eigenvalue weighted by Gasteiger charge is -2.39. The Bertz CT molecular complexity index is 852. The van der Waals surface area contributed by atoms with Gasteiger partial charge in [0.1, 0.15) is 11.8 Å². The highest BCUT2D eigenvalue weighted by atomic mass is 32.2. The van der Waals surface area contributed by atoms with Crippen molar-refractivity contribution < 1.29 is 28.2 Å². The summed E-state index contributed by atoms with van der Waals surface area (Å²) in [4.78, 5) is 25.5. The van der Waals surface area contributed by atoms with E-state index in [-0.39, 0.29) is 36.5 Å². The van der Waals surface area contributed by atoms with E-state index in [0.717, 1.165) is 32.1 Å². The number of fused-ring (bicyclic) bond motifs is 1. The minimum Gasteiger partial charge on any atom is -0.496 e. The molecule has 0 radical (unpaired) electrons. The molecule has 0 bridgehead atoms. The largest absolute Gasteiger partial charge is 0.496 e. The molecular formula is C25H33F2NO4S. The molecule has 0 aromatic heterocycles. The zero-order chi connectivity index (χ0) is 23.6. The van der Waals surface area contributed by atoms with Crippen LogP contribution in [0.5, 0.6) is 0 Å². The van der Waals surface area contributed by atoms with E-state index in [1.54, 1.807) is 17.8 Å². The van der Waals surface area contributed by atoms with E-state index >= 15 is 0 Å². The Morgan fingerprint density at radius 2 is 1.88 bits per heavy atom. The highest BCUT2D eigenvalue weighted by molar-refractivity contribution is 8.03. The highest BCUT2D eigenvalue weighted by Gasteiger charge is 2.42. The van der Waals surface area contributed by atoms with Crippen molar-refractivity contribution in [3.63, 3.8) is 0 Å². The molecule has 1 aliphatic heterocycles. The number of carboxylic acid groups (broad SMARTS) is 1. The molecular weight excluding hydrogens is 448 g/mol. The Hall–Kier alpha value is -1.83. The average molecular weight is 482 g/mol. The third kappa shape index (κ3) is 5.47. The molecule has 3 aliphatic carbocycles. The molecule has 0 aromatic carbocycles. The van der Waals surface area contributed by atoms with E-state index in [2.05, 4.69) is 5.32 Å². The van der Waals surface area contributed by atoms with E-state index in [1.165, 1.54) is 0 Å². The lowest BCUT2D eigenvalue weighted by Crippen LogP contribution is -2.52. The molecule has 0 saturated heterocycles. The van der Waals surface area contributed by atoms with Crippen LogP contribution < -0.4 is 5.32 Å². The van der Waals surface area contributed by atoms with Crippen LogP contribution in [-0.2, 0) is 14.3 Å². The molecule has 2 N–H and O–H groups in total. The number of allylic oxidation sites excluding steroid dienone is 1. The van der Waals surface area contributed by atoms with Gasteiger partial charge in [0.2, 0.25) is 5.92 Å². The number of rotatable bonds is 7. The summed E-state index contributed by atoms with van der Waals surface area (Å²) in [6.45, 7) is 2.23. The molecule has 4 aliphatic rings. The number of nitrogens with one attached hydrogen (secondary N) is 1. The number of alkyl halides is 2. The smallest absolute Gasteiger partial charge is 0.326 e. The average Bonchev–Trinajstić information content (AvgIpc) is 3.25. The minimum atomic E-state index is -2.59. The number of carbonyl (C=O) groups is 2. The van der Waals surface area contributed by atoms with Crippen LogP contribution in [0.4, 0.5) is 8.78 Å². The van der Waals surface area contributed by atoms with Crippen LogP contribution >= 0.6 is 11.8 Å². The van der Waals surface area contributed by atoms with E-state index in [1.807, 2.05) is 24.5 Å². The van der Waals surface area contributed by atoms with E-state index in [0.29, 0.717) is 24.2 Å². The molecule has 2 saturated carbocycles. The SMILES string of the molecule is CC1(C(NC(=O)C2=C(OCC3CCC(F)(F)CC3)C3C=CSC3C=C2)C(=O)O)CCCCC1. The summed E-state index contributed by atoms with van der Waals surface area (Å²) >= 11 is 1.64. The second-order valence-corrected chi connectivity index (χ2v) is 11.3. The van der Waals surface area contributed by atoms with Crippen molar-refractivity contribution in [1.29, 1.82) is 0 Å². The van der Waals surface area contributed by atoms with E-state index in [9.17, 15) is 23.5 Å². The zero-order valence-corrected chi connectivity index (χ0v) is 19.8. The number of hydrogen-bond donors (Lipinski definition) is 2. The zero-order valence-electron chi connectivity index (χ0n) is 19.0. The monoisotopic (exact) mass is 481 g/mol. The van der Waals surface area contributed by atoms with E-state index in [4.69, 9.17) is 4.74 Å². The van der Waals surface area contributed by atoms with Crippen LogP contribution in [0.1, 0.15) is 64.7 Å². The molecule has 3 unspecified atom stereocenters. The summed E-state index contributed by atoms with van der Waals surface area (Å²) in [7, 11) is 0. The van der Waals surface area contributed by atoms with Crippen LogP contribution in [0.2, 0.25) is 0 Å². The van der Waals surface area contributed by atoms with Gasteiger partial charge in [-0.1, -0.05) is 38.3 Å². The first kappa shape index (κ1) is 24.3.